The van der Waals surface area contributed by atoms with Crippen LogP contribution >= 0.6 is 11.6 Å². The minimum absolute atomic E-state index is 0.0214. The molecule has 2 unspecified atom stereocenters. The first-order chi connectivity index (χ1) is 14.5. The molecule has 1 aliphatic rings. The predicted octanol–water partition coefficient (Wildman–Crippen LogP) is 4.90. The zero-order chi connectivity index (χ0) is 22.9. The third kappa shape index (κ3) is 5.10. The summed E-state index contributed by atoms with van der Waals surface area (Å²) < 4.78 is 0. The van der Waals surface area contributed by atoms with Crippen LogP contribution in [0.2, 0.25) is 5.02 Å². The highest BCUT2D eigenvalue weighted by atomic mass is 35.5. The topological polar surface area (TPSA) is 76.1 Å². The molecule has 1 fully saturated rings. The molecule has 2 aromatic rings. The van der Waals surface area contributed by atoms with Gasteiger partial charge in [-0.15, -0.1) is 0 Å². The maximum absolute atomic E-state index is 13.2. The Hall–Kier alpha value is -2.79. The Balaban J connectivity index is 1.92. The van der Waals surface area contributed by atoms with E-state index in [9.17, 15) is 14.4 Å². The van der Waals surface area contributed by atoms with Crippen molar-refractivity contribution in [1.82, 2.24) is 10.3 Å². The predicted molar refractivity (Wildman–Crippen MR) is 123 cm³/mol. The normalized spacial score (nSPS) is 18.9. The van der Waals surface area contributed by atoms with Crippen LogP contribution in [-0.4, -0.2) is 28.0 Å². The highest BCUT2D eigenvalue weighted by Crippen LogP contribution is 2.39. The number of carbonyl (C=O) groups excluding carboxylic acids is 3. The molecule has 1 heterocycles. The van der Waals surface area contributed by atoms with Gasteiger partial charge in [0.05, 0.1) is 10.7 Å². The molecule has 1 aliphatic carbocycles. The number of carbonyl (C=O) groups is 3. The van der Waals surface area contributed by atoms with Crippen molar-refractivity contribution >= 4 is 35.2 Å². The van der Waals surface area contributed by atoms with Gasteiger partial charge in [-0.1, -0.05) is 24.3 Å². The van der Waals surface area contributed by atoms with Crippen LogP contribution < -0.4 is 5.32 Å². The van der Waals surface area contributed by atoms with Gasteiger partial charge in [-0.2, -0.15) is 0 Å². The van der Waals surface area contributed by atoms with Crippen LogP contribution in [0, 0.1) is 12.8 Å². The number of ketones is 2. The van der Waals surface area contributed by atoms with Gasteiger partial charge in [0, 0.05) is 36.1 Å². The number of halogens is 1. The molecule has 0 spiro atoms. The van der Waals surface area contributed by atoms with Crippen molar-refractivity contribution in [3.8, 4) is 11.3 Å². The summed E-state index contributed by atoms with van der Waals surface area (Å²) in [5, 5.41) is 3.41. The van der Waals surface area contributed by atoms with Crippen LogP contribution in [0.5, 0.6) is 0 Å². The summed E-state index contributed by atoms with van der Waals surface area (Å²) in [7, 11) is 0. The largest absolute Gasteiger partial charge is 0.351 e. The molecular formula is C25H27ClN2O3. The molecule has 0 saturated heterocycles. The number of hydrogen-bond acceptors (Lipinski definition) is 4. The maximum Gasteiger partial charge on any atom is 0.221 e. The summed E-state index contributed by atoms with van der Waals surface area (Å²) in [6.07, 6.45) is 3.33. The van der Waals surface area contributed by atoms with Gasteiger partial charge in [0.1, 0.15) is 11.7 Å². The van der Waals surface area contributed by atoms with Crippen molar-refractivity contribution in [2.45, 2.75) is 52.0 Å². The van der Waals surface area contributed by atoms with Crippen molar-refractivity contribution in [3.05, 3.63) is 58.8 Å². The molecule has 31 heavy (non-hydrogen) atoms. The first-order valence-electron chi connectivity index (χ1n) is 10.3. The number of Topliss-reactive ketones (excluding diaryl/α,β-unsaturated/α-hetero) is 2. The second-order valence-electron chi connectivity index (χ2n) is 9.07. The quantitative estimate of drug-likeness (QED) is 0.673. The monoisotopic (exact) mass is 438 g/mol. The minimum atomic E-state index is -0.868. The van der Waals surface area contributed by atoms with Gasteiger partial charge in [-0.05, 0) is 68.7 Å². The van der Waals surface area contributed by atoms with E-state index < -0.39 is 11.8 Å². The number of pyridine rings is 1. The van der Waals surface area contributed by atoms with Gasteiger partial charge in [0.25, 0.3) is 0 Å². The Bertz CT molecular complexity index is 1050. The fourth-order valence-electron chi connectivity index (χ4n) is 4.11. The lowest BCUT2D eigenvalue weighted by molar-refractivity contribution is -0.129. The third-order valence-corrected chi connectivity index (χ3v) is 5.58. The third-order valence-electron chi connectivity index (χ3n) is 5.35. The van der Waals surface area contributed by atoms with Crippen LogP contribution in [0.1, 0.15) is 56.2 Å². The lowest BCUT2D eigenvalue weighted by Crippen LogP contribution is -2.41. The summed E-state index contributed by atoms with van der Waals surface area (Å²) in [5.41, 5.74) is 3.41. The molecule has 0 bridgehead atoms. The number of amides is 1. The Morgan fingerprint density at radius 2 is 2.00 bits per heavy atom. The van der Waals surface area contributed by atoms with Crippen molar-refractivity contribution < 1.29 is 14.4 Å². The van der Waals surface area contributed by atoms with E-state index in [0.717, 1.165) is 22.4 Å². The standard InChI is InChI=1S/C25H27ClN2O3/c1-6-15-10-16(19-8-7-18(26)13-27-19)9-14(2)22(15)23-20(29)11-17(24(23)31)12-21(30)28-25(3,4)5/h6-10,13,17,23H,1,11-12H2,2-5H3,(H,28,30). The smallest absolute Gasteiger partial charge is 0.221 e. The molecule has 0 radical (unpaired) electrons. The highest BCUT2D eigenvalue weighted by molar-refractivity contribution is 6.30. The maximum atomic E-state index is 13.2. The zero-order valence-electron chi connectivity index (χ0n) is 18.3. The summed E-state index contributed by atoms with van der Waals surface area (Å²) in [6, 6.07) is 7.38. The Kier molecular flexibility index (Phi) is 6.46. The molecule has 1 saturated carbocycles. The van der Waals surface area contributed by atoms with E-state index >= 15 is 0 Å². The van der Waals surface area contributed by atoms with Gasteiger partial charge in [-0.3, -0.25) is 19.4 Å². The van der Waals surface area contributed by atoms with E-state index in [1.807, 2.05) is 45.9 Å². The van der Waals surface area contributed by atoms with Crippen LogP contribution in [-0.2, 0) is 14.4 Å². The fraction of sp³-hybridized carbons (Fsp3) is 0.360. The number of benzene rings is 1. The lowest BCUT2D eigenvalue weighted by atomic mass is 9.85. The summed E-state index contributed by atoms with van der Waals surface area (Å²) in [6.45, 7) is 11.4. The number of aryl methyl sites for hydroxylation is 1. The fourth-order valence-corrected chi connectivity index (χ4v) is 4.22. The van der Waals surface area contributed by atoms with Crippen molar-refractivity contribution in [1.29, 1.82) is 0 Å². The Labute approximate surface area is 187 Å². The Morgan fingerprint density at radius 1 is 1.29 bits per heavy atom. The second kappa shape index (κ2) is 8.75. The number of rotatable bonds is 5. The molecule has 162 valence electrons. The van der Waals surface area contributed by atoms with E-state index in [1.165, 1.54) is 0 Å². The van der Waals surface area contributed by atoms with Gasteiger partial charge < -0.3 is 5.32 Å². The van der Waals surface area contributed by atoms with Gasteiger partial charge in [-0.25, -0.2) is 0 Å². The van der Waals surface area contributed by atoms with Crippen LogP contribution in [0.3, 0.4) is 0 Å². The SMILES string of the molecule is C=Cc1cc(-c2ccc(Cl)cn2)cc(C)c1C1C(=O)CC(CC(=O)NC(C)(C)C)C1=O. The van der Waals surface area contributed by atoms with Gasteiger partial charge in [0.15, 0.2) is 5.78 Å². The molecular weight excluding hydrogens is 412 g/mol. The van der Waals surface area contributed by atoms with Crippen LogP contribution in [0.15, 0.2) is 37.0 Å². The van der Waals surface area contributed by atoms with E-state index in [4.69, 9.17) is 11.6 Å². The first kappa shape index (κ1) is 22.9. The van der Waals surface area contributed by atoms with E-state index in [1.54, 1.807) is 18.3 Å². The second-order valence-corrected chi connectivity index (χ2v) is 9.50. The average molecular weight is 439 g/mol. The highest BCUT2D eigenvalue weighted by Gasteiger charge is 2.44. The summed E-state index contributed by atoms with van der Waals surface area (Å²) in [4.78, 5) is 42.7. The number of aromatic nitrogens is 1. The lowest BCUT2D eigenvalue weighted by Gasteiger charge is -2.21. The van der Waals surface area contributed by atoms with Crippen LogP contribution in [0.25, 0.3) is 17.3 Å². The zero-order valence-corrected chi connectivity index (χ0v) is 19.0. The molecule has 1 amide bonds. The molecule has 0 aliphatic heterocycles. The average Bonchev–Trinajstić information content (AvgIpc) is 2.93. The Morgan fingerprint density at radius 3 is 2.58 bits per heavy atom. The van der Waals surface area contributed by atoms with E-state index in [-0.39, 0.29) is 35.9 Å². The van der Waals surface area contributed by atoms with E-state index in [0.29, 0.717) is 10.6 Å². The molecule has 2 atom stereocenters. The van der Waals surface area contributed by atoms with Gasteiger partial charge in [0.2, 0.25) is 5.91 Å². The molecule has 1 aromatic carbocycles. The minimum Gasteiger partial charge on any atom is -0.351 e. The molecule has 1 N–H and O–H groups in total. The van der Waals surface area contributed by atoms with Crippen molar-refractivity contribution in [2.24, 2.45) is 5.92 Å². The molecule has 3 rings (SSSR count). The number of hydrogen-bond donors (Lipinski definition) is 1. The first-order valence-corrected chi connectivity index (χ1v) is 10.6. The van der Waals surface area contributed by atoms with Crippen LogP contribution in [0.4, 0.5) is 0 Å². The molecule has 1 aromatic heterocycles. The summed E-state index contributed by atoms with van der Waals surface area (Å²) >= 11 is 5.94. The number of nitrogens with zero attached hydrogens (tertiary/aromatic N) is 1. The van der Waals surface area contributed by atoms with Gasteiger partial charge >= 0.3 is 0 Å². The number of nitrogens with one attached hydrogen (secondary N) is 1. The van der Waals surface area contributed by atoms with Crippen molar-refractivity contribution in [3.63, 3.8) is 0 Å². The van der Waals surface area contributed by atoms with E-state index in [2.05, 4.69) is 16.9 Å². The van der Waals surface area contributed by atoms with Crippen molar-refractivity contribution in [2.75, 3.05) is 0 Å². The molecule has 5 nitrogen and oxygen atoms in total. The summed E-state index contributed by atoms with van der Waals surface area (Å²) in [5.74, 6) is -2.04. The molecule has 6 heteroatoms.